The number of aryl methyl sites for hydroxylation is 1. The van der Waals surface area contributed by atoms with E-state index in [4.69, 9.17) is 34.5 Å². The van der Waals surface area contributed by atoms with Crippen LogP contribution in [0.15, 0.2) is 34.2 Å². The van der Waals surface area contributed by atoms with Crippen molar-refractivity contribution in [1.29, 1.82) is 0 Å². The Morgan fingerprint density at radius 2 is 1.77 bits per heavy atom. The third-order valence-corrected chi connectivity index (χ3v) is 5.35. The number of primary amides is 1. The van der Waals surface area contributed by atoms with E-state index in [1.54, 1.807) is 11.8 Å². The lowest BCUT2D eigenvalue weighted by Crippen LogP contribution is -2.38. The lowest BCUT2D eigenvalue weighted by molar-refractivity contribution is -0.117. The minimum Gasteiger partial charge on any atom is -0.382 e. The van der Waals surface area contributed by atoms with Crippen LogP contribution in [0, 0.1) is 0 Å². The van der Waals surface area contributed by atoms with E-state index >= 15 is 0 Å². The number of carbonyl (C=O) groups excluding carboxylic acids is 2. The Kier molecular flexibility index (Phi) is 9.35. The Balaban J connectivity index is 1.72. The summed E-state index contributed by atoms with van der Waals surface area (Å²) in [5.74, 6) is -0.536. The van der Waals surface area contributed by atoms with Crippen LogP contribution in [0.3, 0.4) is 0 Å². The predicted octanol–water partition coefficient (Wildman–Crippen LogP) is 1.33. The normalized spacial score (nSPS) is 11.3. The van der Waals surface area contributed by atoms with Gasteiger partial charge in [-0.25, -0.2) is 9.97 Å². The van der Waals surface area contributed by atoms with Gasteiger partial charge in [0.05, 0.1) is 0 Å². The van der Waals surface area contributed by atoms with Crippen LogP contribution in [0.25, 0.3) is 0 Å². The Morgan fingerprint density at radius 1 is 1.06 bits per heavy atom. The molecular weight excluding hydrogens is 440 g/mol. The van der Waals surface area contributed by atoms with Gasteiger partial charge in [-0.3, -0.25) is 19.9 Å². The molecule has 0 saturated heterocycles. The number of benzene rings is 1. The standard InChI is InChI=1S/C19H25ClN8O2S/c20-15-17(23)27-16(22)14(26-15)18(30)28-19(24)25-9-2-1-3-11-4-6-12(7-5-11)31-10-8-13(21)29/h4-7H,1-3,8-10H2,(H2,21,29)(H4,22,23,27)(H3,24,25,28,30). The van der Waals surface area contributed by atoms with E-state index in [0.29, 0.717) is 18.7 Å². The van der Waals surface area contributed by atoms with Crippen LogP contribution in [-0.4, -0.2) is 40.0 Å². The molecule has 0 aliphatic carbocycles. The van der Waals surface area contributed by atoms with Crippen molar-refractivity contribution in [1.82, 2.24) is 15.3 Å². The summed E-state index contributed by atoms with van der Waals surface area (Å²) < 4.78 is 0. The van der Waals surface area contributed by atoms with E-state index in [1.165, 1.54) is 5.56 Å². The van der Waals surface area contributed by atoms with Crippen molar-refractivity contribution in [3.05, 3.63) is 40.7 Å². The molecule has 0 fully saturated rings. The molecule has 0 atom stereocenters. The number of hydrogen-bond acceptors (Lipinski definition) is 8. The van der Waals surface area contributed by atoms with Crippen LogP contribution in [-0.2, 0) is 11.2 Å². The summed E-state index contributed by atoms with van der Waals surface area (Å²) in [4.78, 5) is 35.7. The maximum absolute atomic E-state index is 12.2. The Hall–Kier alpha value is -3.05. The molecule has 0 saturated carbocycles. The molecule has 1 aromatic carbocycles. The van der Waals surface area contributed by atoms with Gasteiger partial charge in [0, 0.05) is 23.6 Å². The molecule has 0 bridgehead atoms. The fourth-order valence-electron chi connectivity index (χ4n) is 2.49. The van der Waals surface area contributed by atoms with Crippen LogP contribution >= 0.6 is 23.4 Å². The molecule has 2 rings (SSSR count). The first-order valence-corrected chi connectivity index (χ1v) is 10.8. The molecule has 2 aromatic rings. The second-order valence-electron chi connectivity index (χ2n) is 6.52. The summed E-state index contributed by atoms with van der Waals surface area (Å²) in [7, 11) is 0. The average Bonchev–Trinajstić information content (AvgIpc) is 2.71. The van der Waals surface area contributed by atoms with Crippen molar-refractivity contribution in [2.45, 2.75) is 30.6 Å². The number of nitrogens with zero attached hydrogens (tertiary/aromatic N) is 3. The van der Waals surface area contributed by atoms with Crippen LogP contribution in [0.4, 0.5) is 11.6 Å². The monoisotopic (exact) mass is 464 g/mol. The summed E-state index contributed by atoms with van der Waals surface area (Å²) in [6, 6.07) is 8.19. The number of rotatable bonds is 10. The summed E-state index contributed by atoms with van der Waals surface area (Å²) in [6.07, 6.45) is 2.96. The molecule has 166 valence electrons. The van der Waals surface area contributed by atoms with Gasteiger partial charge in [-0.05, 0) is 37.0 Å². The van der Waals surface area contributed by atoms with Crippen molar-refractivity contribution in [2.75, 3.05) is 23.8 Å². The SMILES string of the molecule is NC(=O)CCSc1ccc(CCCCN=C(N)NC(=O)c2nc(Cl)c(N)nc2N)cc1. The van der Waals surface area contributed by atoms with Crippen molar-refractivity contribution in [2.24, 2.45) is 16.5 Å². The summed E-state index contributed by atoms with van der Waals surface area (Å²) in [5.41, 5.74) is 23.0. The summed E-state index contributed by atoms with van der Waals surface area (Å²) >= 11 is 7.37. The number of unbranched alkanes of at least 4 members (excludes halogenated alkanes) is 1. The van der Waals surface area contributed by atoms with Crippen molar-refractivity contribution in [3.8, 4) is 0 Å². The van der Waals surface area contributed by atoms with Gasteiger partial charge >= 0.3 is 0 Å². The van der Waals surface area contributed by atoms with Gasteiger partial charge in [0.2, 0.25) is 5.91 Å². The van der Waals surface area contributed by atoms with Crippen LogP contribution in [0.2, 0.25) is 5.15 Å². The molecule has 10 nitrogen and oxygen atoms in total. The molecule has 0 aliphatic heterocycles. The number of carbonyl (C=O) groups is 2. The molecule has 2 amide bonds. The number of halogens is 1. The fourth-order valence-corrected chi connectivity index (χ4v) is 3.48. The average molecular weight is 465 g/mol. The zero-order chi connectivity index (χ0) is 22.8. The second-order valence-corrected chi connectivity index (χ2v) is 8.05. The van der Waals surface area contributed by atoms with Gasteiger partial charge in [-0.2, -0.15) is 0 Å². The number of anilines is 2. The highest BCUT2D eigenvalue weighted by Crippen LogP contribution is 2.20. The van der Waals surface area contributed by atoms with Crippen LogP contribution in [0.5, 0.6) is 0 Å². The first-order valence-electron chi connectivity index (χ1n) is 9.46. The van der Waals surface area contributed by atoms with Crippen molar-refractivity contribution < 1.29 is 9.59 Å². The maximum Gasteiger partial charge on any atom is 0.280 e. The van der Waals surface area contributed by atoms with Gasteiger partial charge < -0.3 is 22.9 Å². The number of guanidine groups is 1. The first kappa shape index (κ1) is 24.2. The fraction of sp³-hybridized carbons (Fsp3) is 0.316. The predicted molar refractivity (Wildman–Crippen MR) is 124 cm³/mol. The number of thioether (sulfide) groups is 1. The van der Waals surface area contributed by atoms with Gasteiger partial charge in [0.15, 0.2) is 28.4 Å². The van der Waals surface area contributed by atoms with E-state index in [-0.39, 0.29) is 34.3 Å². The number of aliphatic imine (C=N–C) groups is 1. The third-order valence-electron chi connectivity index (χ3n) is 4.06. The van der Waals surface area contributed by atoms with Gasteiger partial charge in [0.1, 0.15) is 0 Å². The highest BCUT2D eigenvalue weighted by molar-refractivity contribution is 7.99. The smallest absolute Gasteiger partial charge is 0.280 e. The van der Waals surface area contributed by atoms with E-state index < -0.39 is 5.91 Å². The second kappa shape index (κ2) is 12.0. The number of nitrogens with two attached hydrogens (primary N) is 4. The topological polar surface area (TPSA) is 188 Å². The quantitative estimate of drug-likeness (QED) is 0.150. The molecule has 31 heavy (non-hydrogen) atoms. The Labute approximate surface area is 189 Å². The largest absolute Gasteiger partial charge is 0.382 e. The highest BCUT2D eigenvalue weighted by Gasteiger charge is 2.16. The lowest BCUT2D eigenvalue weighted by Gasteiger charge is -2.07. The molecule has 12 heteroatoms. The van der Waals surface area contributed by atoms with Crippen molar-refractivity contribution in [3.63, 3.8) is 0 Å². The molecule has 0 radical (unpaired) electrons. The third kappa shape index (κ3) is 8.30. The Morgan fingerprint density at radius 3 is 2.45 bits per heavy atom. The van der Waals surface area contributed by atoms with E-state index in [0.717, 1.165) is 24.2 Å². The van der Waals surface area contributed by atoms with E-state index in [1.807, 2.05) is 12.1 Å². The van der Waals surface area contributed by atoms with E-state index in [2.05, 4.69) is 32.4 Å². The molecule has 9 N–H and O–H groups in total. The molecule has 0 aliphatic rings. The van der Waals surface area contributed by atoms with Crippen LogP contribution < -0.4 is 28.3 Å². The zero-order valence-corrected chi connectivity index (χ0v) is 18.4. The number of nitrogen functional groups attached to an aromatic ring is 2. The minimum absolute atomic E-state index is 0.0449. The number of aromatic nitrogens is 2. The van der Waals surface area contributed by atoms with Crippen molar-refractivity contribution >= 4 is 52.8 Å². The number of hydrogen-bond donors (Lipinski definition) is 5. The number of nitrogens with one attached hydrogen (secondary N) is 1. The molecule has 0 unspecified atom stereocenters. The molecule has 1 aromatic heterocycles. The molecular formula is C19H25ClN8O2S. The lowest BCUT2D eigenvalue weighted by atomic mass is 10.1. The van der Waals surface area contributed by atoms with E-state index in [9.17, 15) is 9.59 Å². The number of amides is 2. The summed E-state index contributed by atoms with van der Waals surface area (Å²) in [6.45, 7) is 0.455. The van der Waals surface area contributed by atoms with Gasteiger partial charge in [-0.1, -0.05) is 23.7 Å². The highest BCUT2D eigenvalue weighted by atomic mass is 35.5. The van der Waals surface area contributed by atoms with Gasteiger partial charge in [-0.15, -0.1) is 11.8 Å². The first-order chi connectivity index (χ1) is 14.8. The summed E-state index contributed by atoms with van der Waals surface area (Å²) in [5, 5.41) is 2.28. The molecule has 0 spiro atoms. The van der Waals surface area contributed by atoms with Crippen LogP contribution in [0.1, 0.15) is 35.3 Å². The van der Waals surface area contributed by atoms with Gasteiger partial charge in [0.25, 0.3) is 5.91 Å². The maximum atomic E-state index is 12.2. The molecule has 1 heterocycles. The minimum atomic E-state index is -0.665. The Bertz CT molecular complexity index is 953. The zero-order valence-electron chi connectivity index (χ0n) is 16.8.